The third-order valence-electron chi connectivity index (χ3n) is 3.13. The zero-order valence-corrected chi connectivity index (χ0v) is 11.2. The van der Waals surface area contributed by atoms with E-state index in [0.29, 0.717) is 30.5 Å². The molecule has 1 aromatic carbocycles. The standard InChI is InChI=1S/C14H18O5/c1-16-12-4-3-5-13(17-2)14(12)19-9-11(15)10-6-7-18-8-10/h3-5,10H,6-9H2,1-2H3. The summed E-state index contributed by atoms with van der Waals surface area (Å²) >= 11 is 0. The Morgan fingerprint density at radius 3 is 2.53 bits per heavy atom. The summed E-state index contributed by atoms with van der Waals surface area (Å²) in [6.45, 7) is 1.14. The number of para-hydroxylation sites is 1. The monoisotopic (exact) mass is 266 g/mol. The van der Waals surface area contributed by atoms with Crippen LogP contribution in [0.3, 0.4) is 0 Å². The van der Waals surface area contributed by atoms with Crippen LogP contribution in [0, 0.1) is 5.92 Å². The normalized spacial score (nSPS) is 18.1. The van der Waals surface area contributed by atoms with Gasteiger partial charge in [-0.25, -0.2) is 0 Å². The van der Waals surface area contributed by atoms with Crippen molar-refractivity contribution < 1.29 is 23.7 Å². The molecule has 1 aromatic rings. The number of ether oxygens (including phenoxy) is 4. The summed E-state index contributed by atoms with van der Waals surface area (Å²) in [6.07, 6.45) is 0.769. The second kappa shape index (κ2) is 6.43. The highest BCUT2D eigenvalue weighted by Crippen LogP contribution is 2.36. The maximum atomic E-state index is 11.9. The number of benzene rings is 1. The summed E-state index contributed by atoms with van der Waals surface area (Å²) in [5.74, 6) is 1.55. The van der Waals surface area contributed by atoms with E-state index >= 15 is 0 Å². The lowest BCUT2D eigenvalue weighted by molar-refractivity contribution is -0.124. The largest absolute Gasteiger partial charge is 0.493 e. The summed E-state index contributed by atoms with van der Waals surface area (Å²) in [6, 6.07) is 5.33. The smallest absolute Gasteiger partial charge is 0.203 e. The van der Waals surface area contributed by atoms with Crippen LogP contribution in [0.2, 0.25) is 0 Å². The average Bonchev–Trinajstić information content (AvgIpc) is 2.98. The van der Waals surface area contributed by atoms with Gasteiger partial charge in [0.25, 0.3) is 0 Å². The lowest BCUT2D eigenvalue weighted by Crippen LogP contribution is -2.22. The number of carbonyl (C=O) groups is 1. The van der Waals surface area contributed by atoms with Gasteiger partial charge in [-0.1, -0.05) is 6.07 Å². The molecule has 0 aliphatic carbocycles. The number of methoxy groups -OCH3 is 2. The molecule has 0 aromatic heterocycles. The van der Waals surface area contributed by atoms with E-state index in [2.05, 4.69) is 0 Å². The quantitative estimate of drug-likeness (QED) is 0.784. The number of Topliss-reactive ketones (excluding diaryl/α,β-unsaturated/α-hetero) is 1. The first-order chi connectivity index (χ1) is 9.26. The maximum absolute atomic E-state index is 11.9. The zero-order valence-electron chi connectivity index (χ0n) is 11.2. The average molecular weight is 266 g/mol. The molecule has 2 rings (SSSR count). The van der Waals surface area contributed by atoms with Crippen molar-refractivity contribution in [1.29, 1.82) is 0 Å². The van der Waals surface area contributed by atoms with Gasteiger partial charge in [0.2, 0.25) is 5.75 Å². The Morgan fingerprint density at radius 2 is 2.00 bits per heavy atom. The van der Waals surface area contributed by atoms with E-state index in [1.54, 1.807) is 32.4 Å². The topological polar surface area (TPSA) is 54.0 Å². The lowest BCUT2D eigenvalue weighted by atomic mass is 10.0. The van der Waals surface area contributed by atoms with Gasteiger partial charge in [0, 0.05) is 12.5 Å². The van der Waals surface area contributed by atoms with Crippen LogP contribution in [-0.4, -0.2) is 39.8 Å². The van der Waals surface area contributed by atoms with Gasteiger partial charge in [-0.05, 0) is 18.6 Å². The second-order valence-electron chi connectivity index (χ2n) is 4.31. The molecule has 1 saturated heterocycles. The van der Waals surface area contributed by atoms with Crippen LogP contribution in [0.1, 0.15) is 6.42 Å². The van der Waals surface area contributed by atoms with Crippen molar-refractivity contribution in [3.8, 4) is 17.2 Å². The van der Waals surface area contributed by atoms with Gasteiger partial charge >= 0.3 is 0 Å². The van der Waals surface area contributed by atoms with Gasteiger partial charge in [-0.2, -0.15) is 0 Å². The maximum Gasteiger partial charge on any atom is 0.203 e. The SMILES string of the molecule is COc1cccc(OC)c1OCC(=O)C1CCOC1. The summed E-state index contributed by atoms with van der Waals surface area (Å²) in [5.41, 5.74) is 0. The van der Waals surface area contributed by atoms with Crippen molar-refractivity contribution in [2.45, 2.75) is 6.42 Å². The van der Waals surface area contributed by atoms with E-state index in [1.165, 1.54) is 0 Å². The molecule has 1 unspecified atom stereocenters. The molecule has 1 heterocycles. The van der Waals surface area contributed by atoms with Gasteiger partial charge in [0.05, 0.1) is 20.8 Å². The Balaban J connectivity index is 2.03. The number of rotatable bonds is 6. The predicted octanol–water partition coefficient (Wildman–Crippen LogP) is 1.69. The molecular weight excluding hydrogens is 248 g/mol. The Hall–Kier alpha value is -1.75. The summed E-state index contributed by atoms with van der Waals surface area (Å²) in [7, 11) is 3.10. The van der Waals surface area contributed by atoms with Crippen molar-refractivity contribution in [3.05, 3.63) is 18.2 Å². The Morgan fingerprint density at radius 1 is 1.32 bits per heavy atom. The predicted molar refractivity (Wildman–Crippen MR) is 69.0 cm³/mol. The molecule has 0 radical (unpaired) electrons. The first kappa shape index (κ1) is 13.7. The van der Waals surface area contributed by atoms with Crippen LogP contribution in [0.15, 0.2) is 18.2 Å². The number of ketones is 1. The number of carbonyl (C=O) groups excluding carboxylic acids is 1. The fraction of sp³-hybridized carbons (Fsp3) is 0.500. The van der Waals surface area contributed by atoms with E-state index in [1.807, 2.05) is 0 Å². The van der Waals surface area contributed by atoms with E-state index in [0.717, 1.165) is 6.42 Å². The van der Waals surface area contributed by atoms with Crippen LogP contribution >= 0.6 is 0 Å². The van der Waals surface area contributed by atoms with Gasteiger partial charge in [0.15, 0.2) is 17.3 Å². The molecule has 0 bridgehead atoms. The number of hydrogen-bond donors (Lipinski definition) is 0. The van der Waals surface area contributed by atoms with Crippen molar-refractivity contribution in [2.75, 3.05) is 34.0 Å². The van der Waals surface area contributed by atoms with Crippen molar-refractivity contribution in [3.63, 3.8) is 0 Å². The molecule has 5 heteroatoms. The minimum absolute atomic E-state index is 0.00472. The first-order valence-electron chi connectivity index (χ1n) is 6.20. The van der Waals surface area contributed by atoms with Crippen LogP contribution < -0.4 is 14.2 Å². The molecule has 1 fully saturated rings. The molecule has 1 aliphatic heterocycles. The van der Waals surface area contributed by atoms with Crippen LogP contribution in [0.25, 0.3) is 0 Å². The van der Waals surface area contributed by atoms with Crippen LogP contribution in [0.4, 0.5) is 0 Å². The van der Waals surface area contributed by atoms with Gasteiger partial charge < -0.3 is 18.9 Å². The van der Waals surface area contributed by atoms with Crippen molar-refractivity contribution >= 4 is 5.78 Å². The lowest BCUT2D eigenvalue weighted by Gasteiger charge is -2.14. The first-order valence-corrected chi connectivity index (χ1v) is 6.20. The molecule has 104 valence electrons. The highest BCUT2D eigenvalue weighted by molar-refractivity contribution is 5.83. The van der Waals surface area contributed by atoms with Gasteiger partial charge in [-0.3, -0.25) is 4.79 Å². The fourth-order valence-electron chi connectivity index (χ4n) is 2.01. The molecule has 0 spiro atoms. The Bertz CT molecular complexity index is 415. The Labute approximate surface area is 112 Å². The third kappa shape index (κ3) is 3.17. The number of hydrogen-bond acceptors (Lipinski definition) is 5. The summed E-state index contributed by atoms with van der Waals surface area (Å²) in [4.78, 5) is 11.9. The molecule has 19 heavy (non-hydrogen) atoms. The highest BCUT2D eigenvalue weighted by Gasteiger charge is 2.24. The van der Waals surface area contributed by atoms with Crippen LogP contribution in [-0.2, 0) is 9.53 Å². The Kier molecular flexibility index (Phi) is 4.63. The zero-order chi connectivity index (χ0) is 13.7. The molecule has 1 atom stereocenters. The molecular formula is C14H18O5. The third-order valence-corrected chi connectivity index (χ3v) is 3.13. The van der Waals surface area contributed by atoms with E-state index in [4.69, 9.17) is 18.9 Å². The van der Waals surface area contributed by atoms with Crippen molar-refractivity contribution in [1.82, 2.24) is 0 Å². The fourth-order valence-corrected chi connectivity index (χ4v) is 2.01. The summed E-state index contributed by atoms with van der Waals surface area (Å²) < 4.78 is 21.2. The molecule has 0 amide bonds. The molecule has 0 saturated carbocycles. The van der Waals surface area contributed by atoms with E-state index in [-0.39, 0.29) is 18.3 Å². The highest BCUT2D eigenvalue weighted by atomic mass is 16.5. The van der Waals surface area contributed by atoms with Gasteiger partial charge in [-0.15, -0.1) is 0 Å². The molecule has 1 aliphatic rings. The summed E-state index contributed by atoms with van der Waals surface area (Å²) in [5, 5.41) is 0. The van der Waals surface area contributed by atoms with Crippen molar-refractivity contribution in [2.24, 2.45) is 5.92 Å². The van der Waals surface area contributed by atoms with E-state index in [9.17, 15) is 4.79 Å². The molecule has 0 N–H and O–H groups in total. The van der Waals surface area contributed by atoms with Crippen LogP contribution in [0.5, 0.6) is 17.2 Å². The second-order valence-corrected chi connectivity index (χ2v) is 4.31. The van der Waals surface area contributed by atoms with E-state index < -0.39 is 0 Å². The minimum Gasteiger partial charge on any atom is -0.493 e. The minimum atomic E-state index is -0.0549. The molecule has 5 nitrogen and oxygen atoms in total. The van der Waals surface area contributed by atoms with Gasteiger partial charge in [0.1, 0.15) is 6.61 Å².